The lowest BCUT2D eigenvalue weighted by Gasteiger charge is -2.06. The lowest BCUT2D eigenvalue weighted by atomic mass is 10.0. The Morgan fingerprint density at radius 2 is 1.85 bits per heavy atom. The molecule has 0 aliphatic heterocycles. The number of fused-ring (bicyclic) bond motifs is 1. The van der Waals surface area contributed by atoms with Crippen molar-refractivity contribution in [3.8, 4) is 17.4 Å². The molecule has 0 saturated carbocycles. The summed E-state index contributed by atoms with van der Waals surface area (Å²) in [6.07, 6.45) is 0. The second kappa shape index (κ2) is 4.67. The van der Waals surface area contributed by atoms with E-state index in [2.05, 4.69) is 0 Å². The molecule has 0 radical (unpaired) electrons. The first-order valence-corrected chi connectivity index (χ1v) is 6.23. The molecule has 96 valence electrons. The van der Waals surface area contributed by atoms with Gasteiger partial charge in [0.2, 0.25) is 5.43 Å². The maximum absolute atomic E-state index is 12.4. The third-order valence-corrected chi connectivity index (χ3v) is 3.19. The molecule has 0 aliphatic rings. The van der Waals surface area contributed by atoms with Crippen LogP contribution in [0.5, 0.6) is 0 Å². The minimum atomic E-state index is -0.281. The molecule has 0 spiro atoms. The second-order valence-corrected chi connectivity index (χ2v) is 4.61. The Labute approximate surface area is 115 Å². The van der Waals surface area contributed by atoms with Crippen LogP contribution in [0.15, 0.2) is 57.7 Å². The molecule has 0 aliphatic carbocycles. The Morgan fingerprint density at radius 3 is 2.55 bits per heavy atom. The molecule has 1 heterocycles. The maximum atomic E-state index is 12.4. The standard InChI is InChI=1S/C17H11NO2/c1-11-7-8-15-13(9-11)16(19)14(10-18)17(20-15)12-5-3-2-4-6-12/h2-9H,1H3. The summed E-state index contributed by atoms with van der Waals surface area (Å²) in [5.41, 5.74) is 1.95. The Morgan fingerprint density at radius 1 is 1.10 bits per heavy atom. The summed E-state index contributed by atoms with van der Waals surface area (Å²) in [7, 11) is 0. The quantitative estimate of drug-likeness (QED) is 0.672. The second-order valence-electron chi connectivity index (χ2n) is 4.61. The summed E-state index contributed by atoms with van der Waals surface area (Å²) in [5.74, 6) is 0.328. The highest BCUT2D eigenvalue weighted by Gasteiger charge is 2.15. The van der Waals surface area contributed by atoms with E-state index in [9.17, 15) is 10.1 Å². The van der Waals surface area contributed by atoms with Gasteiger partial charge < -0.3 is 4.42 Å². The zero-order valence-electron chi connectivity index (χ0n) is 10.9. The first-order valence-electron chi connectivity index (χ1n) is 6.23. The minimum absolute atomic E-state index is 0.0503. The molecule has 1 aromatic heterocycles. The van der Waals surface area contributed by atoms with Gasteiger partial charge in [0.25, 0.3) is 0 Å². The van der Waals surface area contributed by atoms with Crippen LogP contribution < -0.4 is 5.43 Å². The van der Waals surface area contributed by atoms with Crippen LogP contribution in [0.1, 0.15) is 11.1 Å². The van der Waals surface area contributed by atoms with Crippen LogP contribution >= 0.6 is 0 Å². The molecule has 0 unspecified atom stereocenters. The average molecular weight is 261 g/mol. The van der Waals surface area contributed by atoms with E-state index in [-0.39, 0.29) is 11.0 Å². The van der Waals surface area contributed by atoms with Crippen LogP contribution in [0.25, 0.3) is 22.3 Å². The third-order valence-electron chi connectivity index (χ3n) is 3.19. The summed E-state index contributed by atoms with van der Waals surface area (Å²) in [5, 5.41) is 9.72. The Balaban J connectivity index is 2.43. The van der Waals surface area contributed by atoms with Crippen molar-refractivity contribution in [3.63, 3.8) is 0 Å². The molecule has 0 fully saturated rings. The van der Waals surface area contributed by atoms with Crippen LogP contribution in [0, 0.1) is 18.3 Å². The van der Waals surface area contributed by atoms with Gasteiger partial charge in [0.15, 0.2) is 5.76 Å². The van der Waals surface area contributed by atoms with Gasteiger partial charge in [0.1, 0.15) is 17.2 Å². The largest absolute Gasteiger partial charge is 0.454 e. The Hall–Kier alpha value is -2.86. The fourth-order valence-electron chi connectivity index (χ4n) is 2.20. The molecule has 3 aromatic rings. The number of nitrogens with zero attached hydrogens (tertiary/aromatic N) is 1. The van der Waals surface area contributed by atoms with Gasteiger partial charge in [0.05, 0.1) is 5.39 Å². The lowest BCUT2D eigenvalue weighted by molar-refractivity contribution is 0.617. The van der Waals surface area contributed by atoms with Crippen molar-refractivity contribution in [2.45, 2.75) is 6.92 Å². The van der Waals surface area contributed by atoms with E-state index in [0.717, 1.165) is 11.1 Å². The number of rotatable bonds is 1. The maximum Gasteiger partial charge on any atom is 0.211 e. The predicted octanol–water partition coefficient (Wildman–Crippen LogP) is 3.64. The van der Waals surface area contributed by atoms with Crippen LogP contribution in [-0.2, 0) is 0 Å². The first kappa shape index (κ1) is 12.2. The van der Waals surface area contributed by atoms with Gasteiger partial charge in [-0.1, -0.05) is 42.0 Å². The lowest BCUT2D eigenvalue weighted by Crippen LogP contribution is -2.08. The zero-order valence-corrected chi connectivity index (χ0v) is 10.9. The number of aryl methyl sites for hydroxylation is 1. The number of hydrogen-bond donors (Lipinski definition) is 0. The summed E-state index contributed by atoms with van der Waals surface area (Å²) >= 11 is 0. The van der Waals surface area contributed by atoms with Crippen LogP contribution in [0.2, 0.25) is 0 Å². The average Bonchev–Trinajstić information content (AvgIpc) is 2.48. The molecule has 0 atom stereocenters. The number of benzene rings is 2. The summed E-state index contributed by atoms with van der Waals surface area (Å²) < 4.78 is 5.78. The molecule has 0 saturated heterocycles. The fraction of sp³-hybridized carbons (Fsp3) is 0.0588. The Kier molecular flexibility index (Phi) is 2.85. The van der Waals surface area contributed by atoms with Crippen molar-refractivity contribution in [2.75, 3.05) is 0 Å². The van der Waals surface area contributed by atoms with Crippen molar-refractivity contribution < 1.29 is 4.42 Å². The zero-order chi connectivity index (χ0) is 14.1. The Bertz CT molecular complexity index is 886. The molecular weight excluding hydrogens is 250 g/mol. The van der Waals surface area contributed by atoms with Gasteiger partial charge in [0, 0.05) is 5.56 Å². The van der Waals surface area contributed by atoms with E-state index in [4.69, 9.17) is 4.42 Å². The van der Waals surface area contributed by atoms with E-state index in [1.54, 1.807) is 12.1 Å². The van der Waals surface area contributed by atoms with Gasteiger partial charge in [-0.2, -0.15) is 5.26 Å². The van der Waals surface area contributed by atoms with Crippen LogP contribution in [-0.4, -0.2) is 0 Å². The normalized spacial score (nSPS) is 10.4. The van der Waals surface area contributed by atoms with Crippen molar-refractivity contribution >= 4 is 11.0 Å². The highest BCUT2D eigenvalue weighted by atomic mass is 16.3. The van der Waals surface area contributed by atoms with E-state index < -0.39 is 0 Å². The molecule has 0 N–H and O–H groups in total. The van der Waals surface area contributed by atoms with E-state index in [1.165, 1.54) is 0 Å². The van der Waals surface area contributed by atoms with Gasteiger partial charge >= 0.3 is 0 Å². The van der Waals surface area contributed by atoms with E-state index >= 15 is 0 Å². The van der Waals surface area contributed by atoms with Gasteiger partial charge in [-0.3, -0.25) is 4.79 Å². The summed E-state index contributed by atoms with van der Waals surface area (Å²) in [6.45, 7) is 1.90. The van der Waals surface area contributed by atoms with Gasteiger partial charge in [-0.05, 0) is 19.1 Å². The molecule has 20 heavy (non-hydrogen) atoms. The van der Waals surface area contributed by atoms with Gasteiger partial charge in [-0.25, -0.2) is 0 Å². The van der Waals surface area contributed by atoms with Gasteiger partial charge in [-0.15, -0.1) is 0 Å². The van der Waals surface area contributed by atoms with Crippen molar-refractivity contribution in [2.24, 2.45) is 0 Å². The number of nitriles is 1. The molecule has 0 bridgehead atoms. The van der Waals surface area contributed by atoms with Crippen LogP contribution in [0.4, 0.5) is 0 Å². The summed E-state index contributed by atoms with van der Waals surface area (Å²) in [4.78, 5) is 12.4. The third kappa shape index (κ3) is 1.88. The SMILES string of the molecule is Cc1ccc2oc(-c3ccccc3)c(C#N)c(=O)c2c1. The monoisotopic (exact) mass is 261 g/mol. The highest BCUT2D eigenvalue weighted by Crippen LogP contribution is 2.25. The van der Waals surface area contributed by atoms with E-state index in [1.807, 2.05) is 49.4 Å². The molecule has 3 rings (SSSR count). The fourth-order valence-corrected chi connectivity index (χ4v) is 2.20. The van der Waals surface area contributed by atoms with Crippen molar-refractivity contribution in [3.05, 3.63) is 69.9 Å². The summed E-state index contributed by atoms with van der Waals surface area (Å²) in [6, 6.07) is 16.6. The van der Waals surface area contributed by atoms with E-state index in [0.29, 0.717) is 16.7 Å². The molecule has 0 amide bonds. The first-order chi connectivity index (χ1) is 9.70. The molecule has 3 nitrogen and oxygen atoms in total. The molecule has 3 heteroatoms. The van der Waals surface area contributed by atoms with Crippen LogP contribution in [0.3, 0.4) is 0 Å². The highest BCUT2D eigenvalue weighted by molar-refractivity contribution is 5.82. The molecule has 2 aromatic carbocycles. The van der Waals surface area contributed by atoms with Crippen molar-refractivity contribution in [1.29, 1.82) is 5.26 Å². The predicted molar refractivity (Wildman–Crippen MR) is 77.4 cm³/mol. The topological polar surface area (TPSA) is 54.0 Å². The smallest absolute Gasteiger partial charge is 0.211 e. The molecular formula is C17H11NO2. The number of hydrogen-bond acceptors (Lipinski definition) is 3. The van der Waals surface area contributed by atoms with Crippen molar-refractivity contribution in [1.82, 2.24) is 0 Å². The minimum Gasteiger partial charge on any atom is -0.454 e.